The molecule has 2 fully saturated rings. The van der Waals surface area contributed by atoms with Gasteiger partial charge in [-0.05, 0) is 54.5 Å². The second-order valence-electron chi connectivity index (χ2n) is 5.88. The van der Waals surface area contributed by atoms with Crippen LogP contribution >= 0.6 is 11.8 Å². The van der Waals surface area contributed by atoms with E-state index in [4.69, 9.17) is 5.73 Å². The van der Waals surface area contributed by atoms with Gasteiger partial charge in [0, 0.05) is 5.25 Å². The second-order valence-corrected chi connectivity index (χ2v) is 7.08. The van der Waals surface area contributed by atoms with E-state index >= 15 is 0 Å². The minimum absolute atomic E-state index is 0.555. The Hall–Kier alpha value is -0.620. The van der Waals surface area contributed by atoms with Crippen molar-refractivity contribution in [3.8, 4) is 0 Å². The van der Waals surface area contributed by atoms with E-state index in [1.807, 2.05) is 16.4 Å². The fourth-order valence-corrected chi connectivity index (χ4v) is 4.46. The van der Waals surface area contributed by atoms with Crippen LogP contribution in [0.3, 0.4) is 0 Å². The van der Waals surface area contributed by atoms with Gasteiger partial charge in [-0.15, -0.1) is 5.10 Å². The zero-order chi connectivity index (χ0) is 13.2. The van der Waals surface area contributed by atoms with E-state index in [1.165, 1.54) is 38.5 Å². The molecule has 5 nitrogen and oxygen atoms in total. The van der Waals surface area contributed by atoms with Gasteiger partial charge in [0.2, 0.25) is 5.16 Å². The first-order valence-corrected chi connectivity index (χ1v) is 8.34. The van der Waals surface area contributed by atoms with Crippen LogP contribution in [0.2, 0.25) is 0 Å². The number of nitrogens with two attached hydrogens (primary N) is 1. The molecule has 2 N–H and O–H groups in total. The minimum Gasteiger partial charge on any atom is -0.330 e. The van der Waals surface area contributed by atoms with Crippen LogP contribution in [0.4, 0.5) is 0 Å². The van der Waals surface area contributed by atoms with Gasteiger partial charge < -0.3 is 5.73 Å². The monoisotopic (exact) mass is 281 g/mol. The lowest BCUT2D eigenvalue weighted by molar-refractivity contribution is 0.283. The summed E-state index contributed by atoms with van der Waals surface area (Å²) in [4.78, 5) is 0. The van der Waals surface area contributed by atoms with Gasteiger partial charge in [-0.3, -0.25) is 0 Å². The van der Waals surface area contributed by atoms with Gasteiger partial charge >= 0.3 is 0 Å². The largest absolute Gasteiger partial charge is 0.330 e. The lowest BCUT2D eigenvalue weighted by atomic mass is 9.80. The number of hydrogen-bond acceptors (Lipinski definition) is 5. The summed E-state index contributed by atoms with van der Waals surface area (Å²) >= 11 is 1.86. The Morgan fingerprint density at radius 1 is 1.32 bits per heavy atom. The third-order valence-corrected chi connectivity index (χ3v) is 5.89. The summed E-state index contributed by atoms with van der Waals surface area (Å²) in [5.74, 6) is 1.47. The highest BCUT2D eigenvalue weighted by Gasteiger charge is 2.33. The molecular formula is C13H23N5S. The molecule has 3 rings (SSSR count). The first kappa shape index (κ1) is 13.4. The van der Waals surface area contributed by atoms with Crippen LogP contribution in [-0.4, -0.2) is 32.0 Å². The number of tetrazole rings is 1. The quantitative estimate of drug-likeness (QED) is 0.896. The summed E-state index contributed by atoms with van der Waals surface area (Å²) in [5, 5.41) is 13.8. The fourth-order valence-electron chi connectivity index (χ4n) is 3.01. The van der Waals surface area contributed by atoms with Gasteiger partial charge in [0.15, 0.2) is 0 Å². The van der Waals surface area contributed by atoms with Gasteiger partial charge in [-0.1, -0.05) is 31.5 Å². The maximum absolute atomic E-state index is 5.95. The zero-order valence-electron chi connectivity index (χ0n) is 11.5. The highest BCUT2D eigenvalue weighted by atomic mass is 32.2. The van der Waals surface area contributed by atoms with E-state index in [2.05, 4.69) is 22.4 Å². The topological polar surface area (TPSA) is 69.6 Å². The van der Waals surface area contributed by atoms with E-state index in [0.29, 0.717) is 17.2 Å². The Bertz CT molecular complexity index is 417. The molecular weight excluding hydrogens is 258 g/mol. The molecule has 0 spiro atoms. The number of hydrogen-bond donors (Lipinski definition) is 1. The van der Waals surface area contributed by atoms with Crippen LogP contribution in [0.1, 0.15) is 51.5 Å². The maximum atomic E-state index is 5.95. The molecule has 0 aromatic carbocycles. The first-order chi connectivity index (χ1) is 9.31. The Labute approximate surface area is 118 Å². The summed E-state index contributed by atoms with van der Waals surface area (Å²) in [6.07, 6.45) is 7.59. The van der Waals surface area contributed by atoms with Crippen molar-refractivity contribution < 1.29 is 0 Å². The van der Waals surface area contributed by atoms with Crippen molar-refractivity contribution in [2.45, 2.75) is 61.9 Å². The standard InChI is InChI=1S/C13H23N5S/c1-2-9-3-4-10(8-14)12(7-9)19-13-15-16-17-18(13)11-5-6-11/h9-12H,2-8,14H2,1H3. The molecule has 1 aromatic rings. The highest BCUT2D eigenvalue weighted by molar-refractivity contribution is 7.99. The van der Waals surface area contributed by atoms with Gasteiger partial charge in [0.05, 0.1) is 6.04 Å². The predicted octanol–water partition coefficient (Wildman–Crippen LogP) is 2.25. The summed E-state index contributed by atoms with van der Waals surface area (Å²) in [5.41, 5.74) is 5.95. The van der Waals surface area contributed by atoms with Gasteiger partial charge in [0.25, 0.3) is 0 Å². The summed E-state index contributed by atoms with van der Waals surface area (Å²) in [6.45, 7) is 3.09. The molecule has 19 heavy (non-hydrogen) atoms. The van der Waals surface area contributed by atoms with Crippen molar-refractivity contribution in [3.63, 3.8) is 0 Å². The van der Waals surface area contributed by atoms with Crippen molar-refractivity contribution in [1.82, 2.24) is 20.2 Å². The van der Waals surface area contributed by atoms with Crippen molar-refractivity contribution >= 4 is 11.8 Å². The lowest BCUT2D eigenvalue weighted by Gasteiger charge is -2.34. The van der Waals surface area contributed by atoms with Crippen LogP contribution < -0.4 is 5.73 Å². The average Bonchev–Trinajstić information content (AvgIpc) is 3.19. The molecule has 106 valence electrons. The van der Waals surface area contributed by atoms with E-state index in [9.17, 15) is 0 Å². The van der Waals surface area contributed by atoms with Gasteiger partial charge in [-0.2, -0.15) is 0 Å². The Morgan fingerprint density at radius 3 is 2.84 bits per heavy atom. The summed E-state index contributed by atoms with van der Waals surface area (Å²) < 4.78 is 2.02. The minimum atomic E-state index is 0.555. The summed E-state index contributed by atoms with van der Waals surface area (Å²) in [6, 6.07) is 0.555. The first-order valence-electron chi connectivity index (χ1n) is 7.46. The van der Waals surface area contributed by atoms with E-state index in [-0.39, 0.29) is 0 Å². The Kier molecular flexibility index (Phi) is 4.07. The molecule has 0 saturated heterocycles. The number of thioether (sulfide) groups is 1. The van der Waals surface area contributed by atoms with Gasteiger partial charge in [0.1, 0.15) is 0 Å². The molecule has 1 heterocycles. The fraction of sp³-hybridized carbons (Fsp3) is 0.923. The molecule has 1 aromatic heterocycles. The number of nitrogens with zero attached hydrogens (tertiary/aromatic N) is 4. The molecule has 6 heteroatoms. The second kappa shape index (κ2) is 5.79. The SMILES string of the molecule is CCC1CCC(CN)C(Sc2nnnn2C2CC2)C1. The van der Waals surface area contributed by atoms with Crippen molar-refractivity contribution in [2.24, 2.45) is 17.6 Å². The lowest BCUT2D eigenvalue weighted by Crippen LogP contribution is -2.32. The highest BCUT2D eigenvalue weighted by Crippen LogP contribution is 2.42. The van der Waals surface area contributed by atoms with Crippen LogP contribution in [0.5, 0.6) is 0 Å². The van der Waals surface area contributed by atoms with Crippen molar-refractivity contribution in [3.05, 3.63) is 0 Å². The normalized spacial score (nSPS) is 31.6. The molecule has 0 amide bonds. The van der Waals surface area contributed by atoms with Crippen molar-refractivity contribution in [1.29, 1.82) is 0 Å². The molecule has 3 unspecified atom stereocenters. The number of aromatic nitrogens is 4. The third-order valence-electron chi connectivity index (χ3n) is 4.53. The molecule has 0 aliphatic heterocycles. The molecule has 2 aliphatic carbocycles. The molecule has 0 radical (unpaired) electrons. The van der Waals surface area contributed by atoms with Crippen LogP contribution in [0.25, 0.3) is 0 Å². The van der Waals surface area contributed by atoms with Gasteiger partial charge in [-0.25, -0.2) is 4.68 Å². The van der Waals surface area contributed by atoms with Crippen molar-refractivity contribution in [2.75, 3.05) is 6.54 Å². The Balaban J connectivity index is 1.70. The van der Waals surface area contributed by atoms with Crippen LogP contribution in [-0.2, 0) is 0 Å². The van der Waals surface area contributed by atoms with E-state index in [0.717, 1.165) is 17.6 Å². The maximum Gasteiger partial charge on any atom is 0.209 e. The number of rotatable bonds is 5. The molecule has 2 saturated carbocycles. The smallest absolute Gasteiger partial charge is 0.209 e. The van der Waals surface area contributed by atoms with Crippen LogP contribution in [0, 0.1) is 11.8 Å². The molecule has 2 aliphatic rings. The molecule has 0 bridgehead atoms. The summed E-state index contributed by atoms with van der Waals surface area (Å²) in [7, 11) is 0. The third kappa shape index (κ3) is 2.94. The zero-order valence-corrected chi connectivity index (χ0v) is 12.4. The molecule has 3 atom stereocenters. The average molecular weight is 281 g/mol. The van der Waals surface area contributed by atoms with E-state index < -0.39 is 0 Å². The predicted molar refractivity (Wildman–Crippen MR) is 75.9 cm³/mol. The van der Waals surface area contributed by atoms with E-state index in [1.54, 1.807) is 0 Å². The Morgan fingerprint density at radius 2 is 2.16 bits per heavy atom. The van der Waals surface area contributed by atoms with Crippen LogP contribution in [0.15, 0.2) is 5.16 Å².